The van der Waals surface area contributed by atoms with Crippen molar-refractivity contribution in [1.82, 2.24) is 0 Å². The third-order valence-corrected chi connectivity index (χ3v) is 3.75. The summed E-state index contributed by atoms with van der Waals surface area (Å²) < 4.78 is 0. The Hall–Kier alpha value is -0.820. The van der Waals surface area contributed by atoms with E-state index in [0.717, 1.165) is 11.8 Å². The molecule has 0 amide bonds. The summed E-state index contributed by atoms with van der Waals surface area (Å²) in [6.07, 6.45) is 3.80. The lowest BCUT2D eigenvalue weighted by atomic mass is 9.94. The molecule has 1 heteroatoms. The highest BCUT2D eigenvalue weighted by molar-refractivity contribution is 5.27. The van der Waals surface area contributed by atoms with Crippen LogP contribution < -0.4 is 5.73 Å². The van der Waals surface area contributed by atoms with Gasteiger partial charge in [-0.1, -0.05) is 30.3 Å². The van der Waals surface area contributed by atoms with Crippen molar-refractivity contribution in [2.75, 3.05) is 0 Å². The highest BCUT2D eigenvalue weighted by Crippen LogP contribution is 2.58. The molecule has 2 saturated carbocycles. The summed E-state index contributed by atoms with van der Waals surface area (Å²) in [6, 6.07) is 10.8. The van der Waals surface area contributed by atoms with Gasteiger partial charge in [0, 0.05) is 5.54 Å². The molecule has 13 heavy (non-hydrogen) atoms. The van der Waals surface area contributed by atoms with Crippen molar-refractivity contribution in [3.63, 3.8) is 0 Å². The van der Waals surface area contributed by atoms with Crippen molar-refractivity contribution >= 4 is 0 Å². The lowest BCUT2D eigenvalue weighted by Crippen LogP contribution is -2.21. The maximum Gasteiger partial charge on any atom is 0.0192 e. The fourth-order valence-electron chi connectivity index (χ4n) is 2.83. The average Bonchev–Trinajstić information content (AvgIpc) is 2.67. The molecular formula is C12H15N. The number of hydrogen-bond donors (Lipinski definition) is 1. The molecule has 2 aliphatic rings. The van der Waals surface area contributed by atoms with Crippen molar-refractivity contribution in [2.45, 2.75) is 30.7 Å². The van der Waals surface area contributed by atoms with Crippen LogP contribution >= 0.6 is 0 Å². The van der Waals surface area contributed by atoms with Crippen LogP contribution in [0.4, 0.5) is 0 Å². The first-order valence-electron chi connectivity index (χ1n) is 5.12. The minimum Gasteiger partial charge on any atom is -0.325 e. The maximum atomic E-state index is 6.18. The molecule has 1 aromatic carbocycles. The largest absolute Gasteiger partial charge is 0.325 e. The Balaban J connectivity index is 1.82. The predicted octanol–water partition coefficient (Wildman–Crippen LogP) is 2.28. The van der Waals surface area contributed by atoms with E-state index in [1.54, 1.807) is 0 Å². The lowest BCUT2D eigenvalue weighted by Gasteiger charge is -2.13. The van der Waals surface area contributed by atoms with Gasteiger partial charge in [-0.15, -0.1) is 0 Å². The predicted molar refractivity (Wildman–Crippen MR) is 53.4 cm³/mol. The third kappa shape index (κ3) is 1.11. The van der Waals surface area contributed by atoms with Crippen molar-refractivity contribution in [1.29, 1.82) is 0 Å². The molecule has 2 fully saturated rings. The Morgan fingerprint density at radius 3 is 2.54 bits per heavy atom. The van der Waals surface area contributed by atoms with E-state index < -0.39 is 0 Å². The van der Waals surface area contributed by atoms with Gasteiger partial charge in [0.25, 0.3) is 0 Å². The van der Waals surface area contributed by atoms with Gasteiger partial charge in [-0.05, 0) is 36.7 Å². The zero-order valence-corrected chi connectivity index (χ0v) is 7.74. The molecule has 1 nitrogen and oxygen atoms in total. The van der Waals surface area contributed by atoms with Gasteiger partial charge in [0.05, 0.1) is 0 Å². The number of hydrogen-bond acceptors (Lipinski definition) is 1. The smallest absolute Gasteiger partial charge is 0.0192 e. The van der Waals surface area contributed by atoms with Gasteiger partial charge in [0.15, 0.2) is 0 Å². The highest BCUT2D eigenvalue weighted by Gasteiger charge is 2.57. The summed E-state index contributed by atoms with van der Waals surface area (Å²) in [5.74, 6) is 1.57. The van der Waals surface area contributed by atoms with E-state index >= 15 is 0 Å². The highest BCUT2D eigenvalue weighted by atomic mass is 14.9. The SMILES string of the molecule is NC12CC(c3ccccc3)CC1C2. The zero-order valence-electron chi connectivity index (χ0n) is 7.74. The maximum absolute atomic E-state index is 6.18. The number of rotatable bonds is 1. The van der Waals surface area contributed by atoms with Crippen LogP contribution in [0.2, 0.25) is 0 Å². The monoisotopic (exact) mass is 173 g/mol. The molecule has 2 aliphatic carbocycles. The third-order valence-electron chi connectivity index (χ3n) is 3.75. The molecular weight excluding hydrogens is 158 g/mol. The van der Waals surface area contributed by atoms with Gasteiger partial charge >= 0.3 is 0 Å². The summed E-state index contributed by atoms with van der Waals surface area (Å²) in [5, 5.41) is 0. The van der Waals surface area contributed by atoms with E-state index in [9.17, 15) is 0 Å². The van der Waals surface area contributed by atoms with E-state index in [1.165, 1.54) is 24.8 Å². The summed E-state index contributed by atoms with van der Waals surface area (Å²) in [7, 11) is 0. The second-order valence-corrected chi connectivity index (χ2v) is 4.68. The second-order valence-electron chi connectivity index (χ2n) is 4.68. The Bertz CT molecular complexity index is 319. The van der Waals surface area contributed by atoms with Crippen LogP contribution in [0, 0.1) is 5.92 Å². The molecule has 0 bridgehead atoms. The molecule has 3 atom stereocenters. The van der Waals surface area contributed by atoms with Gasteiger partial charge in [0.1, 0.15) is 0 Å². The van der Waals surface area contributed by atoms with Gasteiger partial charge in [-0.25, -0.2) is 0 Å². The van der Waals surface area contributed by atoms with E-state index in [-0.39, 0.29) is 5.54 Å². The summed E-state index contributed by atoms with van der Waals surface area (Å²) in [5.41, 5.74) is 7.90. The standard InChI is InChI=1S/C12H15N/c13-12-7-10(6-11(12)8-12)9-4-2-1-3-5-9/h1-5,10-11H,6-8,13H2. The first-order valence-corrected chi connectivity index (χ1v) is 5.12. The van der Waals surface area contributed by atoms with Crippen LogP contribution in [0.25, 0.3) is 0 Å². The van der Waals surface area contributed by atoms with Crippen LogP contribution in [0.15, 0.2) is 30.3 Å². The lowest BCUT2D eigenvalue weighted by molar-refractivity contribution is 0.585. The Labute approximate surface area is 78.9 Å². The summed E-state index contributed by atoms with van der Waals surface area (Å²) in [6.45, 7) is 0. The fourth-order valence-corrected chi connectivity index (χ4v) is 2.83. The van der Waals surface area contributed by atoms with Crippen molar-refractivity contribution in [3.8, 4) is 0 Å². The van der Waals surface area contributed by atoms with E-state index in [2.05, 4.69) is 30.3 Å². The van der Waals surface area contributed by atoms with Crippen LogP contribution in [-0.4, -0.2) is 5.54 Å². The summed E-state index contributed by atoms with van der Waals surface area (Å²) in [4.78, 5) is 0. The number of benzene rings is 1. The van der Waals surface area contributed by atoms with E-state index in [4.69, 9.17) is 5.73 Å². The molecule has 0 aromatic heterocycles. The Morgan fingerprint density at radius 2 is 1.92 bits per heavy atom. The molecule has 0 aliphatic heterocycles. The van der Waals surface area contributed by atoms with Crippen LogP contribution in [0.5, 0.6) is 0 Å². The Kier molecular flexibility index (Phi) is 1.37. The van der Waals surface area contributed by atoms with Crippen LogP contribution in [0.1, 0.15) is 30.7 Å². The quantitative estimate of drug-likeness (QED) is 0.692. The Morgan fingerprint density at radius 1 is 1.15 bits per heavy atom. The topological polar surface area (TPSA) is 26.0 Å². The molecule has 3 unspecified atom stereocenters. The molecule has 68 valence electrons. The summed E-state index contributed by atoms with van der Waals surface area (Å²) >= 11 is 0. The average molecular weight is 173 g/mol. The number of nitrogens with two attached hydrogens (primary N) is 1. The zero-order chi connectivity index (χ0) is 8.89. The first-order chi connectivity index (χ1) is 6.28. The minimum absolute atomic E-state index is 0.237. The van der Waals surface area contributed by atoms with E-state index in [1.807, 2.05) is 0 Å². The first kappa shape index (κ1) is 7.57. The molecule has 0 spiro atoms. The molecule has 0 radical (unpaired) electrons. The van der Waals surface area contributed by atoms with Gasteiger partial charge < -0.3 is 5.73 Å². The molecule has 0 saturated heterocycles. The molecule has 0 heterocycles. The van der Waals surface area contributed by atoms with Gasteiger partial charge in [-0.3, -0.25) is 0 Å². The molecule has 1 aromatic rings. The number of fused-ring (bicyclic) bond motifs is 1. The van der Waals surface area contributed by atoms with Gasteiger partial charge in [-0.2, -0.15) is 0 Å². The van der Waals surface area contributed by atoms with Crippen LogP contribution in [-0.2, 0) is 0 Å². The molecule has 2 N–H and O–H groups in total. The van der Waals surface area contributed by atoms with Crippen molar-refractivity contribution in [2.24, 2.45) is 11.7 Å². The fraction of sp³-hybridized carbons (Fsp3) is 0.500. The van der Waals surface area contributed by atoms with Gasteiger partial charge in [0.2, 0.25) is 0 Å². The van der Waals surface area contributed by atoms with Crippen molar-refractivity contribution in [3.05, 3.63) is 35.9 Å². The normalized spacial score (nSPS) is 41.6. The van der Waals surface area contributed by atoms with Crippen molar-refractivity contribution < 1.29 is 0 Å². The van der Waals surface area contributed by atoms with Crippen LogP contribution in [0.3, 0.4) is 0 Å². The van der Waals surface area contributed by atoms with E-state index in [0.29, 0.717) is 0 Å². The second kappa shape index (κ2) is 2.36. The minimum atomic E-state index is 0.237. The molecule has 3 rings (SSSR count).